The van der Waals surface area contributed by atoms with Gasteiger partial charge in [0, 0.05) is 18.1 Å². The van der Waals surface area contributed by atoms with Gasteiger partial charge in [-0.3, -0.25) is 9.55 Å². The average molecular weight is 567 g/mol. The minimum Gasteiger partial charge on any atom is -0.298 e. The number of benzene rings is 6. The molecule has 0 aliphatic carbocycles. The Kier molecular flexibility index (Phi) is 6.46. The van der Waals surface area contributed by atoms with E-state index >= 15 is 0 Å². The molecule has 204 valence electrons. The molecule has 0 unspecified atom stereocenters. The Morgan fingerprint density at radius 1 is 0.489 bits per heavy atom. The van der Waals surface area contributed by atoms with Crippen molar-refractivity contribution >= 4 is 56.1 Å². The van der Waals surface area contributed by atoms with Crippen molar-refractivity contribution in [1.29, 1.82) is 0 Å². The summed E-state index contributed by atoms with van der Waals surface area (Å²) >= 11 is 0. The summed E-state index contributed by atoms with van der Waals surface area (Å²) in [5.74, 6) is 0.393. The summed E-state index contributed by atoms with van der Waals surface area (Å²) in [5, 5.41) is 3.15. The van der Waals surface area contributed by atoms with Crippen LogP contribution in [0.5, 0.6) is 0 Å². The maximum Gasteiger partial charge on any atom is 0.0951 e. The maximum atomic E-state index is 6.18. The summed E-state index contributed by atoms with van der Waals surface area (Å²) in [5.41, 5.74) is 9.54. The third kappa shape index (κ3) is 4.57. The molecule has 0 amide bonds. The van der Waals surface area contributed by atoms with Crippen LogP contribution in [0.3, 0.4) is 0 Å². The van der Waals surface area contributed by atoms with Gasteiger partial charge in [0.05, 0.1) is 40.4 Å². The lowest BCUT2D eigenvalue weighted by molar-refractivity contribution is 0.929. The van der Waals surface area contributed by atoms with E-state index in [0.717, 1.165) is 27.8 Å². The Morgan fingerprint density at radius 3 is 1.64 bits per heavy atom. The van der Waals surface area contributed by atoms with Crippen molar-refractivity contribution in [2.75, 3.05) is 0 Å². The van der Waals surface area contributed by atoms with Crippen molar-refractivity contribution < 1.29 is 0 Å². The largest absolute Gasteiger partial charge is 0.298 e. The summed E-state index contributed by atoms with van der Waals surface area (Å²) in [6.45, 7) is 0. The number of aromatic nitrogens is 3. The molecule has 6 radical (unpaired) electrons. The van der Waals surface area contributed by atoms with Gasteiger partial charge in [-0.25, -0.2) is 4.98 Å². The first kappa shape index (κ1) is 27.2. The average Bonchev–Trinajstić information content (AvgIpc) is 3.48. The zero-order valence-corrected chi connectivity index (χ0v) is 24.4. The summed E-state index contributed by atoms with van der Waals surface area (Å²) in [6, 6.07) is 46.4. The summed E-state index contributed by atoms with van der Waals surface area (Å²) in [6.07, 6.45) is 3.69. The van der Waals surface area contributed by atoms with E-state index in [1.54, 1.807) is 0 Å². The minimum absolute atomic E-state index is 0.393. The fourth-order valence-corrected chi connectivity index (χ4v) is 6.57. The molecule has 6 heteroatoms. The van der Waals surface area contributed by atoms with Crippen molar-refractivity contribution in [1.82, 2.24) is 14.5 Å². The monoisotopic (exact) mass is 567 g/mol. The van der Waals surface area contributed by atoms with E-state index in [-0.39, 0.29) is 0 Å². The van der Waals surface area contributed by atoms with Crippen LogP contribution in [0.2, 0.25) is 0 Å². The molecule has 2 heterocycles. The second kappa shape index (κ2) is 10.7. The third-order valence-corrected chi connectivity index (χ3v) is 8.48. The molecule has 3 nitrogen and oxygen atoms in total. The topological polar surface area (TPSA) is 30.7 Å². The normalized spacial score (nSPS) is 11.8. The third-order valence-electron chi connectivity index (χ3n) is 8.48. The van der Waals surface area contributed by atoms with Crippen LogP contribution in [0.25, 0.3) is 71.6 Å². The predicted octanol–water partition coefficient (Wildman–Crippen LogP) is 8.34. The number of imidazole rings is 1. The van der Waals surface area contributed by atoms with Crippen LogP contribution in [0, 0.1) is 0 Å². The zero-order valence-electron chi connectivity index (χ0n) is 24.4. The van der Waals surface area contributed by atoms with Gasteiger partial charge in [-0.15, -0.1) is 0 Å². The number of rotatable bonds is 5. The molecule has 0 aliphatic rings. The maximum absolute atomic E-state index is 6.18. The fraction of sp³-hybridized carbons (Fsp3) is 0.0256. The van der Waals surface area contributed by atoms with Crippen LogP contribution in [0.4, 0.5) is 0 Å². The standard InChI is InChI=1S/C39H24B3N3/c40-39(41,42)38-44-34-15-7-8-16-35(34)45(38)27-19-17-26(18-20-27)36-30-11-3-5-13-32(30)37(33-14-6-4-12-31(33)36)29-10-2-1-9-28(29)25-21-23-43-24-22-25/h1-24H. The molecule has 2 aromatic heterocycles. The zero-order chi connectivity index (χ0) is 30.5. The molecule has 8 aromatic rings. The SMILES string of the molecule is [B]C([B])([B])c1nc2ccccc2n1-c1ccc(-c2c3ccccc3c(-c3ccccc3-c3ccncc3)c3ccccc23)cc1. The first-order valence-electron chi connectivity index (χ1n) is 14.9. The van der Waals surface area contributed by atoms with Gasteiger partial charge in [-0.05, 0) is 91.3 Å². The molecular formula is C39H24B3N3. The van der Waals surface area contributed by atoms with Gasteiger partial charge in [-0.1, -0.05) is 102 Å². The smallest absolute Gasteiger partial charge is 0.0951 e. The van der Waals surface area contributed by atoms with Gasteiger partial charge in [0.25, 0.3) is 0 Å². The lowest BCUT2D eigenvalue weighted by Gasteiger charge is -2.22. The molecule has 6 aromatic carbocycles. The summed E-state index contributed by atoms with van der Waals surface area (Å²) < 4.78 is 1.94. The first-order chi connectivity index (χ1) is 22.0. The molecule has 0 fully saturated rings. The summed E-state index contributed by atoms with van der Waals surface area (Å²) in [7, 11) is 18.5. The van der Waals surface area contributed by atoms with E-state index in [0.29, 0.717) is 5.82 Å². The molecule has 0 atom stereocenters. The molecular weight excluding hydrogens is 543 g/mol. The van der Waals surface area contributed by atoms with Gasteiger partial charge >= 0.3 is 0 Å². The van der Waals surface area contributed by atoms with Gasteiger partial charge in [-0.2, -0.15) is 0 Å². The molecule has 0 spiro atoms. The minimum atomic E-state index is -1.60. The Labute approximate surface area is 265 Å². The Bertz CT molecular complexity index is 2300. The van der Waals surface area contributed by atoms with Crippen LogP contribution < -0.4 is 0 Å². The Balaban J connectivity index is 1.36. The first-order valence-corrected chi connectivity index (χ1v) is 14.9. The quantitative estimate of drug-likeness (QED) is 0.155. The van der Waals surface area contributed by atoms with Crippen LogP contribution in [0.1, 0.15) is 5.82 Å². The molecule has 0 saturated carbocycles. The van der Waals surface area contributed by atoms with Crippen LogP contribution in [0.15, 0.2) is 146 Å². The van der Waals surface area contributed by atoms with Crippen molar-refractivity contribution in [2.24, 2.45) is 0 Å². The van der Waals surface area contributed by atoms with E-state index < -0.39 is 5.11 Å². The molecule has 0 saturated heterocycles. The van der Waals surface area contributed by atoms with E-state index in [1.807, 2.05) is 41.2 Å². The predicted molar refractivity (Wildman–Crippen MR) is 189 cm³/mol. The van der Waals surface area contributed by atoms with Crippen LogP contribution in [-0.4, -0.2) is 38.1 Å². The number of hydrogen-bond donors (Lipinski definition) is 0. The highest BCUT2D eigenvalue weighted by Gasteiger charge is 2.23. The van der Waals surface area contributed by atoms with Crippen molar-refractivity contribution in [3.63, 3.8) is 0 Å². The van der Waals surface area contributed by atoms with Gasteiger partial charge in [0.1, 0.15) is 0 Å². The summed E-state index contributed by atoms with van der Waals surface area (Å²) in [4.78, 5) is 8.92. The highest BCUT2D eigenvalue weighted by atomic mass is 15.1. The van der Waals surface area contributed by atoms with E-state index in [2.05, 4.69) is 119 Å². The van der Waals surface area contributed by atoms with Crippen LogP contribution in [-0.2, 0) is 5.11 Å². The molecule has 8 rings (SSSR count). The van der Waals surface area contributed by atoms with Crippen molar-refractivity contribution in [2.45, 2.75) is 5.11 Å². The second-order valence-electron chi connectivity index (χ2n) is 11.4. The number of pyridine rings is 1. The van der Waals surface area contributed by atoms with E-state index in [1.165, 1.54) is 43.8 Å². The van der Waals surface area contributed by atoms with Gasteiger partial charge in [0.2, 0.25) is 0 Å². The lowest BCUT2D eigenvalue weighted by Crippen LogP contribution is -2.31. The Morgan fingerprint density at radius 2 is 1.02 bits per heavy atom. The number of fused-ring (bicyclic) bond motifs is 3. The second-order valence-corrected chi connectivity index (χ2v) is 11.4. The van der Waals surface area contributed by atoms with Crippen molar-refractivity contribution in [3.05, 3.63) is 152 Å². The number of nitrogens with zero attached hydrogens (tertiary/aromatic N) is 3. The molecule has 45 heavy (non-hydrogen) atoms. The number of hydrogen-bond acceptors (Lipinski definition) is 2. The van der Waals surface area contributed by atoms with E-state index in [9.17, 15) is 0 Å². The highest BCUT2D eigenvalue weighted by molar-refractivity contribution is 6.58. The van der Waals surface area contributed by atoms with Crippen molar-refractivity contribution in [3.8, 4) is 39.1 Å². The molecule has 0 aliphatic heterocycles. The number of para-hydroxylation sites is 2. The van der Waals surface area contributed by atoms with E-state index in [4.69, 9.17) is 23.5 Å². The van der Waals surface area contributed by atoms with Gasteiger partial charge < -0.3 is 0 Å². The van der Waals surface area contributed by atoms with Gasteiger partial charge in [0.15, 0.2) is 0 Å². The van der Waals surface area contributed by atoms with Crippen LogP contribution >= 0.6 is 0 Å². The highest BCUT2D eigenvalue weighted by Crippen LogP contribution is 2.46. The lowest BCUT2D eigenvalue weighted by atomic mass is 9.42. The fourth-order valence-electron chi connectivity index (χ4n) is 6.57. The Hall–Kier alpha value is -5.35. The molecule has 0 N–H and O–H groups in total. The molecule has 0 bridgehead atoms.